The molecule has 0 saturated carbocycles. The summed E-state index contributed by atoms with van der Waals surface area (Å²) in [4.78, 5) is 37.3. The number of carboxylic acids is 1. The van der Waals surface area contributed by atoms with Crippen molar-refractivity contribution < 1.29 is 19.5 Å². The van der Waals surface area contributed by atoms with E-state index in [4.69, 9.17) is 5.11 Å². The smallest absolute Gasteiger partial charge is 0.326 e. The Balaban J connectivity index is 2.25. The Morgan fingerprint density at radius 1 is 1.48 bits per heavy atom. The molecule has 0 aliphatic carbocycles. The van der Waals surface area contributed by atoms with Crippen molar-refractivity contribution in [1.82, 2.24) is 20.0 Å². The second-order valence-corrected chi connectivity index (χ2v) is 5.85. The average molecular weight is 322 g/mol. The predicted octanol–water partition coefficient (Wildman–Crippen LogP) is 0.309. The van der Waals surface area contributed by atoms with Gasteiger partial charge in [0, 0.05) is 32.3 Å². The molecule has 1 aliphatic heterocycles. The lowest BCUT2D eigenvalue weighted by Gasteiger charge is -2.38. The van der Waals surface area contributed by atoms with Gasteiger partial charge in [0.05, 0.1) is 18.2 Å². The van der Waals surface area contributed by atoms with Crippen LogP contribution in [0.2, 0.25) is 0 Å². The van der Waals surface area contributed by atoms with Crippen molar-refractivity contribution in [1.29, 1.82) is 0 Å². The summed E-state index contributed by atoms with van der Waals surface area (Å²) in [6.07, 6.45) is 4.38. The molecule has 1 aromatic heterocycles. The van der Waals surface area contributed by atoms with Gasteiger partial charge in [0.25, 0.3) is 0 Å². The number of carbonyl (C=O) groups excluding carboxylic acids is 2. The monoisotopic (exact) mass is 322 g/mol. The fraction of sp³-hybridized carbons (Fsp3) is 0.600. The first-order chi connectivity index (χ1) is 10.8. The van der Waals surface area contributed by atoms with Crippen LogP contribution in [0.4, 0.5) is 0 Å². The minimum atomic E-state index is -1.06. The Morgan fingerprint density at radius 2 is 2.17 bits per heavy atom. The number of nitrogens with one attached hydrogen (secondary N) is 1. The molecule has 0 aromatic carbocycles. The zero-order chi connectivity index (χ0) is 17.1. The van der Waals surface area contributed by atoms with Crippen LogP contribution in [-0.2, 0) is 21.4 Å². The van der Waals surface area contributed by atoms with E-state index >= 15 is 0 Å². The number of likely N-dealkylation sites (tertiary alicyclic amines) is 1. The van der Waals surface area contributed by atoms with Crippen LogP contribution >= 0.6 is 0 Å². The minimum absolute atomic E-state index is 0.0341. The van der Waals surface area contributed by atoms with E-state index in [0.717, 1.165) is 5.56 Å². The second kappa shape index (κ2) is 6.80. The molecule has 2 N–H and O–H groups in total. The standard InChI is InChI=1S/C15H22N4O4/c1-4-11(15(22)23)17-14(21)10-5-6-12(20)19(3)13(10)9-7-16-18(2)8-9/h7-8,10-11,13H,4-6H2,1-3H3,(H,17,21)(H,22,23)/t10-,11-,13+/m0/s1. The number of aryl methyl sites for hydroxylation is 1. The van der Waals surface area contributed by atoms with Crippen molar-refractivity contribution in [2.24, 2.45) is 13.0 Å². The van der Waals surface area contributed by atoms with Crippen molar-refractivity contribution in [3.05, 3.63) is 18.0 Å². The van der Waals surface area contributed by atoms with E-state index in [1.165, 1.54) is 0 Å². The zero-order valence-electron chi connectivity index (χ0n) is 13.5. The number of carbonyl (C=O) groups is 3. The van der Waals surface area contributed by atoms with E-state index in [0.29, 0.717) is 12.8 Å². The van der Waals surface area contributed by atoms with Gasteiger partial charge in [-0.1, -0.05) is 6.92 Å². The summed E-state index contributed by atoms with van der Waals surface area (Å²) >= 11 is 0. The molecular weight excluding hydrogens is 300 g/mol. The molecule has 0 radical (unpaired) electrons. The summed E-state index contributed by atoms with van der Waals surface area (Å²) in [7, 11) is 3.43. The molecular formula is C15H22N4O4. The molecule has 8 heteroatoms. The molecule has 1 aliphatic rings. The van der Waals surface area contributed by atoms with Crippen molar-refractivity contribution >= 4 is 17.8 Å². The Hall–Kier alpha value is -2.38. The van der Waals surface area contributed by atoms with Gasteiger partial charge in [-0.3, -0.25) is 14.3 Å². The van der Waals surface area contributed by atoms with Gasteiger partial charge in [-0.25, -0.2) is 4.79 Å². The van der Waals surface area contributed by atoms with Crippen molar-refractivity contribution in [3.63, 3.8) is 0 Å². The van der Waals surface area contributed by atoms with Gasteiger partial charge in [0.1, 0.15) is 6.04 Å². The molecule has 0 unspecified atom stereocenters. The molecule has 1 fully saturated rings. The SMILES string of the molecule is CC[C@H](NC(=O)[C@H]1CCC(=O)N(C)[C@@H]1c1cnn(C)c1)C(=O)O. The molecule has 2 rings (SSSR count). The predicted molar refractivity (Wildman–Crippen MR) is 81.3 cm³/mol. The average Bonchev–Trinajstić information content (AvgIpc) is 2.92. The van der Waals surface area contributed by atoms with Crippen molar-refractivity contribution in [2.45, 2.75) is 38.3 Å². The summed E-state index contributed by atoms with van der Waals surface area (Å²) in [6, 6.07) is -1.35. The van der Waals surface area contributed by atoms with Gasteiger partial charge in [0.2, 0.25) is 11.8 Å². The van der Waals surface area contributed by atoms with E-state index in [1.807, 2.05) is 0 Å². The van der Waals surface area contributed by atoms with Crippen LogP contribution in [0.1, 0.15) is 37.8 Å². The molecule has 0 spiro atoms. The summed E-state index contributed by atoms with van der Waals surface area (Å²) < 4.78 is 1.61. The number of hydrogen-bond donors (Lipinski definition) is 2. The minimum Gasteiger partial charge on any atom is -0.480 e. The maximum atomic E-state index is 12.6. The third-order valence-electron chi connectivity index (χ3n) is 4.29. The third kappa shape index (κ3) is 3.52. The number of carboxylic acid groups (broad SMARTS) is 1. The summed E-state index contributed by atoms with van der Waals surface area (Å²) in [5.41, 5.74) is 0.770. The van der Waals surface area contributed by atoms with Crippen LogP contribution < -0.4 is 5.32 Å². The Bertz CT molecular complexity index is 612. The first-order valence-electron chi connectivity index (χ1n) is 7.62. The fourth-order valence-corrected chi connectivity index (χ4v) is 2.98. The summed E-state index contributed by atoms with van der Waals surface area (Å²) in [5.74, 6) is -1.92. The first-order valence-corrected chi connectivity index (χ1v) is 7.62. The van der Waals surface area contributed by atoms with E-state index in [-0.39, 0.29) is 18.2 Å². The lowest BCUT2D eigenvalue weighted by atomic mass is 9.85. The largest absolute Gasteiger partial charge is 0.480 e. The number of rotatable bonds is 5. The quantitative estimate of drug-likeness (QED) is 0.812. The van der Waals surface area contributed by atoms with Gasteiger partial charge in [-0.2, -0.15) is 5.10 Å². The summed E-state index contributed by atoms with van der Waals surface area (Å²) in [5, 5.41) is 15.8. The van der Waals surface area contributed by atoms with Gasteiger partial charge in [-0.15, -0.1) is 0 Å². The second-order valence-electron chi connectivity index (χ2n) is 5.85. The van der Waals surface area contributed by atoms with Crippen molar-refractivity contribution in [2.75, 3.05) is 7.05 Å². The lowest BCUT2D eigenvalue weighted by molar-refractivity contribution is -0.146. The highest BCUT2D eigenvalue weighted by Crippen LogP contribution is 2.35. The van der Waals surface area contributed by atoms with Crippen LogP contribution in [0.15, 0.2) is 12.4 Å². The number of aliphatic carboxylic acids is 1. The number of aromatic nitrogens is 2. The van der Waals surface area contributed by atoms with Gasteiger partial charge >= 0.3 is 5.97 Å². The molecule has 8 nitrogen and oxygen atoms in total. The highest BCUT2D eigenvalue weighted by molar-refractivity contribution is 5.88. The van der Waals surface area contributed by atoms with E-state index in [1.54, 1.807) is 43.0 Å². The molecule has 2 heterocycles. The zero-order valence-corrected chi connectivity index (χ0v) is 13.5. The molecule has 1 saturated heterocycles. The van der Waals surface area contributed by atoms with E-state index < -0.39 is 24.0 Å². The Kier molecular flexibility index (Phi) is 5.02. The van der Waals surface area contributed by atoms with Crippen molar-refractivity contribution in [3.8, 4) is 0 Å². The molecule has 1 aromatic rings. The van der Waals surface area contributed by atoms with Crippen LogP contribution in [0.3, 0.4) is 0 Å². The highest BCUT2D eigenvalue weighted by atomic mass is 16.4. The van der Waals surface area contributed by atoms with E-state index in [9.17, 15) is 14.4 Å². The molecule has 23 heavy (non-hydrogen) atoms. The highest BCUT2D eigenvalue weighted by Gasteiger charge is 2.40. The van der Waals surface area contributed by atoms with Crippen LogP contribution in [0.25, 0.3) is 0 Å². The normalized spacial score (nSPS) is 22.7. The lowest BCUT2D eigenvalue weighted by Crippen LogP contribution is -2.49. The topological polar surface area (TPSA) is 105 Å². The van der Waals surface area contributed by atoms with Crippen LogP contribution in [-0.4, -0.2) is 50.7 Å². The van der Waals surface area contributed by atoms with Crippen LogP contribution in [0.5, 0.6) is 0 Å². The molecule has 0 bridgehead atoms. The number of amides is 2. The maximum absolute atomic E-state index is 12.6. The molecule has 126 valence electrons. The first kappa shape index (κ1) is 17.0. The van der Waals surface area contributed by atoms with E-state index in [2.05, 4.69) is 10.4 Å². The fourth-order valence-electron chi connectivity index (χ4n) is 2.98. The molecule has 2 amide bonds. The number of nitrogens with zero attached hydrogens (tertiary/aromatic N) is 3. The van der Waals surface area contributed by atoms with Crippen LogP contribution in [0, 0.1) is 5.92 Å². The van der Waals surface area contributed by atoms with Gasteiger partial charge < -0.3 is 15.3 Å². The Labute approximate surface area is 134 Å². The van der Waals surface area contributed by atoms with Gasteiger partial charge in [0.15, 0.2) is 0 Å². The Morgan fingerprint density at radius 3 is 2.70 bits per heavy atom. The summed E-state index contributed by atoms with van der Waals surface area (Å²) in [6.45, 7) is 1.70. The van der Waals surface area contributed by atoms with Gasteiger partial charge in [-0.05, 0) is 12.8 Å². The number of piperidine rings is 1. The molecule has 3 atom stereocenters. The maximum Gasteiger partial charge on any atom is 0.326 e. The third-order valence-corrected chi connectivity index (χ3v) is 4.29. The number of hydrogen-bond acceptors (Lipinski definition) is 4.